The van der Waals surface area contributed by atoms with Crippen LogP contribution in [-0.4, -0.2) is 16.4 Å². The highest BCUT2D eigenvalue weighted by molar-refractivity contribution is 9.10. The first-order valence-electron chi connectivity index (χ1n) is 8.31. The number of carbonyl (C=O) groups is 1. The summed E-state index contributed by atoms with van der Waals surface area (Å²) in [5.74, 6) is -0.0415. The van der Waals surface area contributed by atoms with Gasteiger partial charge < -0.3 is 10.3 Å². The zero-order valence-electron chi connectivity index (χ0n) is 13.3. The molecule has 4 heteroatoms. The molecule has 1 fully saturated rings. The summed E-state index contributed by atoms with van der Waals surface area (Å²) in [7, 11) is 0. The molecular formula is C20H19BrN2O. The van der Waals surface area contributed by atoms with Gasteiger partial charge >= 0.3 is 0 Å². The first kappa shape index (κ1) is 15.5. The molecule has 1 heterocycles. The van der Waals surface area contributed by atoms with Crippen LogP contribution in [0.1, 0.15) is 36.2 Å². The molecule has 3 nitrogen and oxygen atoms in total. The van der Waals surface area contributed by atoms with Gasteiger partial charge in [0.1, 0.15) is 5.69 Å². The topological polar surface area (TPSA) is 44.9 Å². The Morgan fingerprint density at radius 2 is 2.00 bits per heavy atom. The molecule has 2 aliphatic rings. The molecule has 0 atom stereocenters. The molecule has 0 saturated heterocycles. The Balaban J connectivity index is 1.58. The number of nitrogens with one attached hydrogen (secondary N) is 2. The quantitative estimate of drug-likeness (QED) is 0.768. The highest BCUT2D eigenvalue weighted by Crippen LogP contribution is 2.43. The maximum absolute atomic E-state index is 12.7. The molecule has 1 amide bonds. The monoisotopic (exact) mass is 382 g/mol. The predicted octanol–water partition coefficient (Wildman–Crippen LogP) is 5.03. The van der Waals surface area contributed by atoms with E-state index >= 15 is 0 Å². The molecule has 0 radical (unpaired) electrons. The molecule has 0 unspecified atom stereocenters. The van der Waals surface area contributed by atoms with Gasteiger partial charge in [-0.3, -0.25) is 4.79 Å². The van der Waals surface area contributed by atoms with E-state index in [4.69, 9.17) is 0 Å². The maximum Gasteiger partial charge on any atom is 0.268 e. The number of allylic oxidation sites excluding steroid dienone is 4. The molecule has 2 aromatic rings. The van der Waals surface area contributed by atoms with Gasteiger partial charge in [0.05, 0.1) is 5.54 Å². The molecule has 1 aromatic carbocycles. The van der Waals surface area contributed by atoms with Crippen LogP contribution in [0.5, 0.6) is 0 Å². The van der Waals surface area contributed by atoms with Gasteiger partial charge in [-0.1, -0.05) is 46.3 Å². The molecule has 1 aromatic heterocycles. The lowest BCUT2D eigenvalue weighted by atomic mass is 10.0. The van der Waals surface area contributed by atoms with Gasteiger partial charge in [-0.2, -0.15) is 0 Å². The van der Waals surface area contributed by atoms with Gasteiger partial charge in [-0.25, -0.2) is 0 Å². The van der Waals surface area contributed by atoms with Crippen molar-refractivity contribution in [3.8, 4) is 0 Å². The summed E-state index contributed by atoms with van der Waals surface area (Å²) in [6, 6.07) is 7.88. The SMILES string of the molecule is O=C(NC1(C2=C/C=C\CC/C=C\2)CC1)c1cc2cc(Br)ccc2[nH]1. The van der Waals surface area contributed by atoms with E-state index in [0.717, 1.165) is 41.1 Å². The van der Waals surface area contributed by atoms with Crippen molar-refractivity contribution in [3.05, 3.63) is 70.4 Å². The summed E-state index contributed by atoms with van der Waals surface area (Å²) in [5.41, 5.74) is 2.58. The highest BCUT2D eigenvalue weighted by atomic mass is 79.9. The highest BCUT2D eigenvalue weighted by Gasteiger charge is 2.46. The lowest BCUT2D eigenvalue weighted by molar-refractivity contribution is 0.0934. The number of carbonyl (C=O) groups excluding carboxylic acids is 1. The van der Waals surface area contributed by atoms with Gasteiger partial charge in [-0.05, 0) is 55.5 Å². The summed E-state index contributed by atoms with van der Waals surface area (Å²) >= 11 is 3.47. The molecule has 0 aliphatic heterocycles. The Hall–Kier alpha value is -2.07. The lowest BCUT2D eigenvalue weighted by Crippen LogP contribution is -2.38. The normalized spacial score (nSPS) is 23.6. The van der Waals surface area contributed by atoms with Crippen molar-refractivity contribution in [2.24, 2.45) is 0 Å². The molecular weight excluding hydrogens is 364 g/mol. The van der Waals surface area contributed by atoms with E-state index in [1.165, 1.54) is 5.57 Å². The largest absolute Gasteiger partial charge is 0.351 e. The average Bonchev–Trinajstić information content (AvgIpc) is 3.16. The zero-order chi connectivity index (χ0) is 16.6. The number of halogens is 1. The number of fused-ring (bicyclic) bond motifs is 1. The standard InChI is InChI=1S/C20H19BrN2O/c21-16-8-9-17-14(12-16)13-18(22-17)19(24)23-20(10-11-20)15-6-4-2-1-3-5-7-15/h2,4-9,12-13,22H,1,3,10-11H2,(H,23,24)/b4-2-,7-5-,15-6+. The number of aromatic amines is 1. The summed E-state index contributed by atoms with van der Waals surface area (Å²) in [6.07, 6.45) is 14.9. The third-order valence-corrected chi connectivity index (χ3v) is 5.19. The lowest BCUT2D eigenvalue weighted by Gasteiger charge is -2.19. The Morgan fingerprint density at radius 3 is 2.83 bits per heavy atom. The van der Waals surface area contributed by atoms with Gasteiger partial charge in [0.2, 0.25) is 0 Å². The van der Waals surface area contributed by atoms with E-state index in [1.54, 1.807) is 0 Å². The molecule has 122 valence electrons. The van der Waals surface area contributed by atoms with Crippen molar-refractivity contribution in [2.75, 3.05) is 0 Å². The average molecular weight is 383 g/mol. The third kappa shape index (κ3) is 2.98. The van der Waals surface area contributed by atoms with E-state index in [0.29, 0.717) is 5.69 Å². The predicted molar refractivity (Wildman–Crippen MR) is 101 cm³/mol. The van der Waals surface area contributed by atoms with Crippen LogP contribution in [-0.2, 0) is 0 Å². The fraction of sp³-hybridized carbons (Fsp3) is 0.250. The van der Waals surface area contributed by atoms with E-state index in [2.05, 4.69) is 56.6 Å². The van der Waals surface area contributed by atoms with Crippen LogP contribution in [0.15, 0.2) is 64.7 Å². The van der Waals surface area contributed by atoms with Crippen molar-refractivity contribution < 1.29 is 4.79 Å². The number of hydrogen-bond acceptors (Lipinski definition) is 1. The van der Waals surface area contributed by atoms with E-state index in [-0.39, 0.29) is 11.4 Å². The maximum atomic E-state index is 12.7. The smallest absolute Gasteiger partial charge is 0.268 e. The van der Waals surface area contributed by atoms with Crippen LogP contribution in [0.25, 0.3) is 10.9 Å². The van der Waals surface area contributed by atoms with Crippen molar-refractivity contribution in [2.45, 2.75) is 31.2 Å². The first-order valence-corrected chi connectivity index (χ1v) is 9.10. The minimum atomic E-state index is -0.201. The fourth-order valence-electron chi connectivity index (χ4n) is 3.17. The molecule has 24 heavy (non-hydrogen) atoms. The second kappa shape index (κ2) is 6.10. The van der Waals surface area contributed by atoms with Gasteiger partial charge in [0.15, 0.2) is 0 Å². The first-order chi connectivity index (χ1) is 11.7. The molecule has 0 bridgehead atoms. The minimum absolute atomic E-state index is 0.0415. The van der Waals surface area contributed by atoms with E-state index in [1.807, 2.05) is 24.3 Å². The van der Waals surface area contributed by atoms with E-state index in [9.17, 15) is 4.79 Å². The summed E-state index contributed by atoms with van der Waals surface area (Å²) in [6.45, 7) is 0. The van der Waals surface area contributed by atoms with Gasteiger partial charge in [0, 0.05) is 15.4 Å². The summed E-state index contributed by atoms with van der Waals surface area (Å²) < 4.78 is 1.01. The number of rotatable bonds is 3. The van der Waals surface area contributed by atoms with Crippen LogP contribution in [0.2, 0.25) is 0 Å². The Kier molecular flexibility index (Phi) is 3.93. The number of aromatic nitrogens is 1. The van der Waals surface area contributed by atoms with Crippen molar-refractivity contribution >= 4 is 32.7 Å². The number of H-pyrrole nitrogens is 1. The summed E-state index contributed by atoms with van der Waals surface area (Å²) in [4.78, 5) is 15.9. The molecule has 2 aliphatic carbocycles. The summed E-state index contributed by atoms with van der Waals surface area (Å²) in [5, 5.41) is 4.28. The van der Waals surface area contributed by atoms with E-state index < -0.39 is 0 Å². The van der Waals surface area contributed by atoms with Crippen LogP contribution in [0.4, 0.5) is 0 Å². The third-order valence-electron chi connectivity index (χ3n) is 4.69. The second-order valence-corrected chi connectivity index (χ2v) is 7.40. The van der Waals surface area contributed by atoms with Crippen molar-refractivity contribution in [1.82, 2.24) is 10.3 Å². The Bertz CT molecular complexity index is 884. The molecule has 2 N–H and O–H groups in total. The molecule has 4 rings (SSSR count). The fourth-order valence-corrected chi connectivity index (χ4v) is 3.55. The van der Waals surface area contributed by atoms with Crippen LogP contribution in [0, 0.1) is 0 Å². The van der Waals surface area contributed by atoms with Crippen molar-refractivity contribution in [3.63, 3.8) is 0 Å². The van der Waals surface area contributed by atoms with Crippen LogP contribution >= 0.6 is 15.9 Å². The van der Waals surface area contributed by atoms with Gasteiger partial charge in [0.25, 0.3) is 5.91 Å². The minimum Gasteiger partial charge on any atom is -0.351 e. The number of benzene rings is 1. The Labute approximate surface area is 149 Å². The molecule has 0 spiro atoms. The van der Waals surface area contributed by atoms with Gasteiger partial charge in [-0.15, -0.1) is 0 Å². The van der Waals surface area contributed by atoms with Crippen molar-refractivity contribution in [1.29, 1.82) is 0 Å². The van der Waals surface area contributed by atoms with Crippen LogP contribution in [0.3, 0.4) is 0 Å². The number of amides is 1. The van der Waals surface area contributed by atoms with Crippen LogP contribution < -0.4 is 5.32 Å². The number of hydrogen-bond donors (Lipinski definition) is 2. The zero-order valence-corrected chi connectivity index (χ0v) is 14.9. The second-order valence-electron chi connectivity index (χ2n) is 6.48. The Morgan fingerprint density at radius 1 is 1.17 bits per heavy atom. The molecule has 1 saturated carbocycles.